The summed E-state index contributed by atoms with van der Waals surface area (Å²) in [7, 11) is -3.40. The lowest BCUT2D eigenvalue weighted by Crippen LogP contribution is -2.12. The standard InChI is InChI=1S/C22H21NO4S/c1-14-18(12-15-6-4-3-5-7-15)17(10-11-20(14)28(2,25)26)22(24)19-13-27-23-21(19)16-8-9-16/h3-7,10-11,13,16H,8-9,12H2,1-2H3. The zero-order valence-corrected chi connectivity index (χ0v) is 16.6. The van der Waals surface area contributed by atoms with Crippen LogP contribution in [0.5, 0.6) is 0 Å². The molecule has 1 aromatic heterocycles. The zero-order valence-electron chi connectivity index (χ0n) is 15.8. The number of hydrogen-bond donors (Lipinski definition) is 0. The first-order chi connectivity index (χ1) is 13.4. The van der Waals surface area contributed by atoms with Crippen molar-refractivity contribution < 1.29 is 17.7 Å². The molecule has 0 spiro atoms. The second-order valence-corrected chi connectivity index (χ2v) is 9.35. The van der Waals surface area contributed by atoms with Gasteiger partial charge in [-0.15, -0.1) is 0 Å². The molecule has 0 atom stereocenters. The Hall–Kier alpha value is -2.73. The predicted molar refractivity (Wildman–Crippen MR) is 105 cm³/mol. The van der Waals surface area contributed by atoms with Gasteiger partial charge >= 0.3 is 0 Å². The molecule has 1 aliphatic rings. The third kappa shape index (κ3) is 3.52. The van der Waals surface area contributed by atoms with Crippen molar-refractivity contribution in [3.63, 3.8) is 0 Å². The Kier molecular flexibility index (Phi) is 4.67. The molecule has 1 aliphatic carbocycles. The third-order valence-corrected chi connectivity index (χ3v) is 6.46. The van der Waals surface area contributed by atoms with E-state index in [1.165, 1.54) is 18.6 Å². The molecule has 4 rings (SSSR count). The van der Waals surface area contributed by atoms with Crippen molar-refractivity contribution in [1.29, 1.82) is 0 Å². The average Bonchev–Trinajstić information content (AvgIpc) is 3.39. The van der Waals surface area contributed by atoms with E-state index in [-0.39, 0.29) is 16.6 Å². The summed E-state index contributed by atoms with van der Waals surface area (Å²) in [4.78, 5) is 13.6. The van der Waals surface area contributed by atoms with Gasteiger partial charge in [-0.3, -0.25) is 4.79 Å². The Morgan fingerprint density at radius 3 is 2.46 bits per heavy atom. The fraction of sp³-hybridized carbons (Fsp3) is 0.273. The van der Waals surface area contributed by atoms with Gasteiger partial charge in [-0.1, -0.05) is 35.5 Å². The molecule has 28 heavy (non-hydrogen) atoms. The molecule has 0 aliphatic heterocycles. The van der Waals surface area contributed by atoms with Crippen LogP contribution < -0.4 is 0 Å². The summed E-state index contributed by atoms with van der Waals surface area (Å²) in [5, 5.41) is 4.03. The summed E-state index contributed by atoms with van der Waals surface area (Å²) in [5.41, 5.74) is 4.03. The topological polar surface area (TPSA) is 77.2 Å². The van der Waals surface area contributed by atoms with E-state index in [9.17, 15) is 13.2 Å². The molecule has 0 saturated heterocycles. The monoisotopic (exact) mass is 395 g/mol. The molecule has 1 heterocycles. The smallest absolute Gasteiger partial charge is 0.198 e. The Morgan fingerprint density at radius 1 is 1.11 bits per heavy atom. The van der Waals surface area contributed by atoms with Crippen LogP contribution in [0, 0.1) is 6.92 Å². The van der Waals surface area contributed by atoms with Gasteiger partial charge in [-0.25, -0.2) is 8.42 Å². The molecule has 0 bridgehead atoms. The average molecular weight is 395 g/mol. The number of sulfone groups is 1. The number of carbonyl (C=O) groups is 1. The van der Waals surface area contributed by atoms with Crippen LogP contribution in [0.4, 0.5) is 0 Å². The van der Waals surface area contributed by atoms with Crippen LogP contribution in [-0.4, -0.2) is 25.6 Å². The fourth-order valence-electron chi connectivity index (χ4n) is 3.59. The number of nitrogens with zero attached hydrogens (tertiary/aromatic N) is 1. The second kappa shape index (κ2) is 7.02. The van der Waals surface area contributed by atoms with E-state index in [4.69, 9.17) is 4.52 Å². The molecule has 5 nitrogen and oxygen atoms in total. The summed E-state index contributed by atoms with van der Waals surface area (Å²) in [6.45, 7) is 1.76. The van der Waals surface area contributed by atoms with Gasteiger partial charge in [0, 0.05) is 17.7 Å². The lowest BCUT2D eigenvalue weighted by Gasteiger charge is -2.15. The number of hydrogen-bond acceptors (Lipinski definition) is 5. The SMILES string of the molecule is Cc1c(S(C)(=O)=O)ccc(C(=O)c2conc2C2CC2)c1Cc1ccccc1. The number of benzene rings is 2. The van der Waals surface area contributed by atoms with Crippen molar-refractivity contribution in [1.82, 2.24) is 5.16 Å². The summed E-state index contributed by atoms with van der Waals surface area (Å²) in [5.74, 6) is 0.115. The van der Waals surface area contributed by atoms with Gasteiger partial charge in [0.1, 0.15) is 6.26 Å². The van der Waals surface area contributed by atoms with Gasteiger partial charge in [-0.2, -0.15) is 0 Å². The fourth-order valence-corrected chi connectivity index (χ4v) is 4.58. The molecule has 1 fully saturated rings. The van der Waals surface area contributed by atoms with Crippen LogP contribution in [0.1, 0.15) is 57.1 Å². The molecule has 1 saturated carbocycles. The lowest BCUT2D eigenvalue weighted by molar-refractivity contribution is 0.103. The van der Waals surface area contributed by atoms with E-state index >= 15 is 0 Å². The molecule has 0 amide bonds. The summed E-state index contributed by atoms with van der Waals surface area (Å²) in [6.07, 6.45) is 5.09. The maximum absolute atomic E-state index is 13.3. The minimum atomic E-state index is -3.40. The Morgan fingerprint density at radius 2 is 1.82 bits per heavy atom. The van der Waals surface area contributed by atoms with E-state index in [1.807, 2.05) is 30.3 Å². The molecular weight excluding hydrogens is 374 g/mol. The number of carbonyl (C=O) groups excluding carboxylic acids is 1. The van der Waals surface area contributed by atoms with Crippen molar-refractivity contribution in [3.8, 4) is 0 Å². The van der Waals surface area contributed by atoms with Crippen LogP contribution >= 0.6 is 0 Å². The van der Waals surface area contributed by atoms with Crippen LogP contribution in [0.25, 0.3) is 0 Å². The van der Waals surface area contributed by atoms with Crippen LogP contribution in [0.15, 0.2) is 58.1 Å². The van der Waals surface area contributed by atoms with Crippen molar-refractivity contribution in [2.75, 3.05) is 6.26 Å². The highest BCUT2D eigenvalue weighted by atomic mass is 32.2. The van der Waals surface area contributed by atoms with Gasteiger partial charge in [0.25, 0.3) is 0 Å². The Labute approximate surface area is 164 Å². The molecule has 2 aromatic carbocycles. The minimum absolute atomic E-state index is 0.169. The van der Waals surface area contributed by atoms with Gasteiger partial charge in [0.05, 0.1) is 16.2 Å². The molecule has 0 N–H and O–H groups in total. The second-order valence-electron chi connectivity index (χ2n) is 7.37. The summed E-state index contributed by atoms with van der Waals surface area (Å²) < 4.78 is 29.5. The first-order valence-corrected chi connectivity index (χ1v) is 11.1. The van der Waals surface area contributed by atoms with E-state index in [0.717, 1.165) is 24.0 Å². The van der Waals surface area contributed by atoms with E-state index < -0.39 is 9.84 Å². The normalized spacial score (nSPS) is 14.2. The van der Waals surface area contributed by atoms with Gasteiger partial charge in [0.2, 0.25) is 0 Å². The molecule has 144 valence electrons. The molecular formula is C22H21NO4S. The maximum atomic E-state index is 13.3. The summed E-state index contributed by atoms with van der Waals surface area (Å²) in [6, 6.07) is 12.9. The molecule has 0 radical (unpaired) electrons. The van der Waals surface area contributed by atoms with E-state index in [2.05, 4.69) is 5.16 Å². The van der Waals surface area contributed by atoms with Crippen LogP contribution in [-0.2, 0) is 16.3 Å². The lowest BCUT2D eigenvalue weighted by atomic mass is 9.91. The highest BCUT2D eigenvalue weighted by molar-refractivity contribution is 7.90. The molecule has 0 unspecified atom stereocenters. The largest absolute Gasteiger partial charge is 0.364 e. The number of rotatable bonds is 6. The number of ketones is 1. The van der Waals surface area contributed by atoms with E-state index in [1.54, 1.807) is 13.0 Å². The van der Waals surface area contributed by atoms with Crippen molar-refractivity contribution in [3.05, 3.63) is 82.2 Å². The maximum Gasteiger partial charge on any atom is 0.198 e. The first-order valence-electron chi connectivity index (χ1n) is 9.21. The first kappa shape index (κ1) is 18.6. The predicted octanol–water partition coefficient (Wildman–Crippen LogP) is 4.09. The number of aromatic nitrogens is 1. The summed E-state index contributed by atoms with van der Waals surface area (Å²) >= 11 is 0. The van der Waals surface area contributed by atoms with Gasteiger partial charge < -0.3 is 4.52 Å². The van der Waals surface area contributed by atoms with Crippen LogP contribution in [0.2, 0.25) is 0 Å². The molecule has 3 aromatic rings. The van der Waals surface area contributed by atoms with E-state index in [0.29, 0.717) is 28.8 Å². The highest BCUT2D eigenvalue weighted by Crippen LogP contribution is 2.41. The minimum Gasteiger partial charge on any atom is -0.364 e. The van der Waals surface area contributed by atoms with Gasteiger partial charge in [0.15, 0.2) is 15.6 Å². The highest BCUT2D eigenvalue weighted by Gasteiger charge is 2.33. The Balaban J connectivity index is 1.85. The molecule has 6 heteroatoms. The van der Waals surface area contributed by atoms with Crippen molar-refractivity contribution >= 4 is 15.6 Å². The van der Waals surface area contributed by atoms with Crippen molar-refractivity contribution in [2.45, 2.75) is 37.0 Å². The van der Waals surface area contributed by atoms with Crippen LogP contribution in [0.3, 0.4) is 0 Å². The third-order valence-electron chi connectivity index (χ3n) is 5.22. The quantitative estimate of drug-likeness (QED) is 0.588. The van der Waals surface area contributed by atoms with Crippen molar-refractivity contribution in [2.24, 2.45) is 0 Å². The zero-order chi connectivity index (χ0) is 19.9. The Bertz CT molecular complexity index is 1140. The van der Waals surface area contributed by atoms with Gasteiger partial charge in [-0.05, 0) is 55.0 Å².